The van der Waals surface area contributed by atoms with E-state index in [2.05, 4.69) is 22.8 Å². The van der Waals surface area contributed by atoms with Gasteiger partial charge in [0.25, 0.3) is 0 Å². The average Bonchev–Trinajstić information content (AvgIpc) is 3.14. The van der Waals surface area contributed by atoms with Crippen molar-refractivity contribution in [3.63, 3.8) is 0 Å². The van der Waals surface area contributed by atoms with Gasteiger partial charge < -0.3 is 25.2 Å². The van der Waals surface area contributed by atoms with E-state index < -0.39 is 23.4 Å². The molecule has 0 spiro atoms. The summed E-state index contributed by atoms with van der Waals surface area (Å²) in [5.74, 6) is -1.48. The van der Waals surface area contributed by atoms with Gasteiger partial charge in [-0.05, 0) is 35.1 Å². The summed E-state index contributed by atoms with van der Waals surface area (Å²) in [6, 6.07) is 16.1. The van der Waals surface area contributed by atoms with Crippen LogP contribution in [0, 0.1) is 5.41 Å². The first-order valence-corrected chi connectivity index (χ1v) is 10.7. The molecular formula is C24H26N2O6. The predicted molar refractivity (Wildman–Crippen MR) is 116 cm³/mol. The molecule has 0 radical (unpaired) electrons. The lowest BCUT2D eigenvalue weighted by Crippen LogP contribution is -2.48. The van der Waals surface area contributed by atoms with Gasteiger partial charge in [0.15, 0.2) is 0 Å². The molecule has 3 N–H and O–H groups in total. The number of ether oxygens (including phenoxy) is 2. The third-order valence-corrected chi connectivity index (χ3v) is 6.26. The molecule has 0 unspecified atom stereocenters. The molecule has 0 atom stereocenters. The van der Waals surface area contributed by atoms with Crippen molar-refractivity contribution in [2.24, 2.45) is 5.41 Å². The molecule has 1 aliphatic carbocycles. The second kappa shape index (κ2) is 9.40. The molecule has 8 nitrogen and oxygen atoms in total. The SMILES string of the molecule is O=C(CNC(=O)OCC1c2ccccc2-c2ccccc21)NCC1(C(=O)O)CCOCC1. The van der Waals surface area contributed by atoms with Gasteiger partial charge in [-0.15, -0.1) is 0 Å². The maximum atomic E-state index is 12.2. The monoisotopic (exact) mass is 438 g/mol. The second-order valence-corrected chi connectivity index (χ2v) is 8.15. The second-order valence-electron chi connectivity index (χ2n) is 8.15. The molecule has 2 aliphatic rings. The first-order valence-electron chi connectivity index (χ1n) is 10.7. The highest BCUT2D eigenvalue weighted by Crippen LogP contribution is 2.44. The average molecular weight is 438 g/mol. The van der Waals surface area contributed by atoms with E-state index in [1.807, 2.05) is 36.4 Å². The lowest BCUT2D eigenvalue weighted by molar-refractivity contribution is -0.154. The Kier molecular flexibility index (Phi) is 6.41. The smallest absolute Gasteiger partial charge is 0.407 e. The molecule has 1 fully saturated rings. The van der Waals surface area contributed by atoms with Crippen LogP contribution in [-0.2, 0) is 19.1 Å². The minimum Gasteiger partial charge on any atom is -0.481 e. The molecule has 1 aliphatic heterocycles. The maximum Gasteiger partial charge on any atom is 0.407 e. The Balaban J connectivity index is 1.27. The number of carbonyl (C=O) groups is 3. The van der Waals surface area contributed by atoms with E-state index >= 15 is 0 Å². The fourth-order valence-electron chi connectivity index (χ4n) is 4.36. The van der Waals surface area contributed by atoms with Gasteiger partial charge >= 0.3 is 12.1 Å². The highest BCUT2D eigenvalue weighted by Gasteiger charge is 2.40. The van der Waals surface area contributed by atoms with Crippen molar-refractivity contribution < 1.29 is 29.0 Å². The number of rotatable bonds is 7. The number of carbonyl (C=O) groups excluding carboxylic acids is 2. The molecule has 0 aromatic heterocycles. The van der Waals surface area contributed by atoms with Gasteiger partial charge in [0.1, 0.15) is 6.61 Å². The molecule has 4 rings (SSSR count). The highest BCUT2D eigenvalue weighted by molar-refractivity contribution is 5.83. The highest BCUT2D eigenvalue weighted by atomic mass is 16.5. The van der Waals surface area contributed by atoms with Crippen LogP contribution in [0.5, 0.6) is 0 Å². The zero-order chi connectivity index (χ0) is 22.6. The van der Waals surface area contributed by atoms with Crippen LogP contribution in [0.15, 0.2) is 48.5 Å². The zero-order valence-corrected chi connectivity index (χ0v) is 17.6. The Morgan fingerprint density at radius 1 is 0.969 bits per heavy atom. The Morgan fingerprint density at radius 2 is 1.56 bits per heavy atom. The van der Waals surface area contributed by atoms with Crippen molar-refractivity contribution in [2.45, 2.75) is 18.8 Å². The molecule has 32 heavy (non-hydrogen) atoms. The van der Waals surface area contributed by atoms with E-state index in [1.54, 1.807) is 0 Å². The molecule has 168 valence electrons. The number of hydrogen-bond donors (Lipinski definition) is 3. The lowest BCUT2D eigenvalue weighted by atomic mass is 9.80. The third kappa shape index (κ3) is 4.45. The van der Waals surface area contributed by atoms with E-state index in [-0.39, 0.29) is 25.6 Å². The quantitative estimate of drug-likeness (QED) is 0.612. The number of aliphatic carboxylic acids is 1. The molecule has 2 aromatic carbocycles. The van der Waals surface area contributed by atoms with Crippen LogP contribution < -0.4 is 10.6 Å². The third-order valence-electron chi connectivity index (χ3n) is 6.26. The molecule has 2 aromatic rings. The topological polar surface area (TPSA) is 114 Å². The van der Waals surface area contributed by atoms with E-state index in [9.17, 15) is 19.5 Å². The summed E-state index contributed by atoms with van der Waals surface area (Å²) in [7, 11) is 0. The van der Waals surface area contributed by atoms with Crippen molar-refractivity contribution in [3.8, 4) is 11.1 Å². The Hall–Kier alpha value is -3.39. The minimum atomic E-state index is -1.03. The van der Waals surface area contributed by atoms with E-state index in [4.69, 9.17) is 9.47 Å². The summed E-state index contributed by atoms with van der Waals surface area (Å²) in [5.41, 5.74) is 3.45. The van der Waals surface area contributed by atoms with Crippen molar-refractivity contribution in [2.75, 3.05) is 32.9 Å². The van der Waals surface area contributed by atoms with Crippen LogP contribution in [0.1, 0.15) is 29.9 Å². The standard InChI is InChI=1S/C24H26N2O6/c27-21(26-15-24(22(28)29)9-11-31-12-10-24)13-25-23(30)32-14-20-18-7-3-1-5-16(18)17-6-2-4-8-19(17)20/h1-8,20H,9-15H2,(H,25,30)(H,26,27)(H,28,29). The number of carboxylic acid groups (broad SMARTS) is 1. The molecular weight excluding hydrogens is 412 g/mol. The Bertz CT molecular complexity index is 970. The van der Waals surface area contributed by atoms with E-state index in [1.165, 1.54) is 0 Å². The number of amides is 2. The summed E-state index contributed by atoms with van der Waals surface area (Å²) in [6.07, 6.45) is -0.0220. The molecule has 0 saturated carbocycles. The molecule has 2 amide bonds. The predicted octanol–water partition coefficient (Wildman–Crippen LogP) is 2.52. The largest absolute Gasteiger partial charge is 0.481 e. The van der Waals surface area contributed by atoms with E-state index in [0.717, 1.165) is 22.3 Å². The normalized spacial score (nSPS) is 16.5. The van der Waals surface area contributed by atoms with Crippen molar-refractivity contribution >= 4 is 18.0 Å². The number of carboxylic acids is 1. The fraction of sp³-hybridized carbons (Fsp3) is 0.375. The minimum absolute atomic E-state index is 0.00308. The van der Waals surface area contributed by atoms with Gasteiger partial charge in [-0.2, -0.15) is 0 Å². The number of nitrogens with one attached hydrogen (secondary N) is 2. The summed E-state index contributed by atoms with van der Waals surface area (Å²) in [4.78, 5) is 36.0. The Labute approximate surface area is 185 Å². The summed E-state index contributed by atoms with van der Waals surface area (Å²) >= 11 is 0. The summed E-state index contributed by atoms with van der Waals surface area (Å²) in [5, 5.41) is 14.6. The zero-order valence-electron chi connectivity index (χ0n) is 17.6. The Morgan fingerprint density at radius 3 is 2.16 bits per heavy atom. The lowest BCUT2D eigenvalue weighted by Gasteiger charge is -2.33. The van der Waals surface area contributed by atoms with Crippen molar-refractivity contribution in [1.82, 2.24) is 10.6 Å². The molecule has 1 saturated heterocycles. The maximum absolute atomic E-state index is 12.2. The van der Waals surface area contributed by atoms with Gasteiger partial charge in [0, 0.05) is 25.7 Å². The number of fused-ring (bicyclic) bond motifs is 3. The number of benzene rings is 2. The number of hydrogen-bond acceptors (Lipinski definition) is 5. The summed E-state index contributed by atoms with van der Waals surface area (Å²) in [6.45, 7) is 0.559. The molecule has 1 heterocycles. The van der Waals surface area contributed by atoms with Gasteiger partial charge in [-0.25, -0.2) is 4.79 Å². The van der Waals surface area contributed by atoms with Crippen LogP contribution in [0.4, 0.5) is 4.79 Å². The van der Waals surface area contributed by atoms with Crippen LogP contribution in [0.2, 0.25) is 0 Å². The van der Waals surface area contributed by atoms with Crippen LogP contribution in [-0.4, -0.2) is 56.0 Å². The first-order chi connectivity index (χ1) is 15.5. The van der Waals surface area contributed by atoms with Gasteiger partial charge in [0.05, 0.1) is 12.0 Å². The van der Waals surface area contributed by atoms with Gasteiger partial charge in [-0.3, -0.25) is 9.59 Å². The van der Waals surface area contributed by atoms with Crippen LogP contribution in [0.3, 0.4) is 0 Å². The van der Waals surface area contributed by atoms with Crippen molar-refractivity contribution in [1.29, 1.82) is 0 Å². The fourth-order valence-corrected chi connectivity index (χ4v) is 4.36. The van der Waals surface area contributed by atoms with Crippen LogP contribution >= 0.6 is 0 Å². The number of alkyl carbamates (subject to hydrolysis) is 1. The van der Waals surface area contributed by atoms with E-state index in [0.29, 0.717) is 26.1 Å². The van der Waals surface area contributed by atoms with Crippen molar-refractivity contribution in [3.05, 3.63) is 59.7 Å². The summed E-state index contributed by atoms with van der Waals surface area (Å²) < 4.78 is 10.6. The van der Waals surface area contributed by atoms with Gasteiger partial charge in [-0.1, -0.05) is 48.5 Å². The molecule has 8 heteroatoms. The van der Waals surface area contributed by atoms with Gasteiger partial charge in [0.2, 0.25) is 5.91 Å². The first kappa shape index (κ1) is 21.8. The molecule has 0 bridgehead atoms. The van der Waals surface area contributed by atoms with Crippen LogP contribution in [0.25, 0.3) is 11.1 Å².